The maximum Gasteiger partial charge on any atom is 0.150 e. The molecule has 0 spiro atoms. The second-order valence-corrected chi connectivity index (χ2v) is 3.11. The molecule has 0 saturated carbocycles. The molecule has 0 aliphatic heterocycles. The Morgan fingerprint density at radius 3 is 1.93 bits per heavy atom. The number of hydrogen-bond donors (Lipinski definition) is 0. The van der Waals surface area contributed by atoms with Crippen LogP contribution in [-0.2, 0) is 0 Å². The van der Waals surface area contributed by atoms with Crippen LogP contribution in [-0.4, -0.2) is 11.3 Å². The molecule has 78 valence electrons. The molecule has 1 aromatic rings. The van der Waals surface area contributed by atoms with Crippen LogP contribution in [0.5, 0.6) is 0 Å². The van der Waals surface area contributed by atoms with E-state index in [2.05, 4.69) is 18.8 Å². The Hall–Kier alpha value is -1.18. The molecular formula is C12H19NO. The predicted octanol–water partition coefficient (Wildman–Crippen LogP) is 3.48. The van der Waals surface area contributed by atoms with Crippen LogP contribution >= 0.6 is 0 Å². The molecule has 0 N–H and O–H groups in total. The highest BCUT2D eigenvalue weighted by Gasteiger charge is 1.80. The Kier molecular flexibility index (Phi) is 9.07. The molecule has 2 heteroatoms. The zero-order chi connectivity index (χ0) is 10.6. The van der Waals surface area contributed by atoms with Crippen LogP contribution in [0.1, 0.15) is 49.9 Å². The van der Waals surface area contributed by atoms with Crippen molar-refractivity contribution in [3.8, 4) is 0 Å². The van der Waals surface area contributed by atoms with Crippen molar-refractivity contribution < 1.29 is 4.79 Å². The highest BCUT2D eigenvalue weighted by atomic mass is 16.1. The van der Waals surface area contributed by atoms with Gasteiger partial charge in [0.2, 0.25) is 0 Å². The summed E-state index contributed by atoms with van der Waals surface area (Å²) in [6, 6.07) is 3.32. The monoisotopic (exact) mass is 193 g/mol. The number of carbonyl (C=O) groups excluding carboxylic acids is 1. The van der Waals surface area contributed by atoms with Crippen LogP contribution < -0.4 is 0 Å². The van der Waals surface area contributed by atoms with Crippen molar-refractivity contribution in [2.45, 2.75) is 39.5 Å². The maximum absolute atomic E-state index is 9.98. The largest absolute Gasteiger partial charge is 0.298 e. The molecule has 0 bridgehead atoms. The van der Waals surface area contributed by atoms with Crippen molar-refractivity contribution in [2.24, 2.45) is 0 Å². The van der Waals surface area contributed by atoms with Gasteiger partial charge in [-0.1, -0.05) is 39.5 Å². The summed E-state index contributed by atoms with van der Waals surface area (Å²) in [6.45, 7) is 4.46. The fraction of sp³-hybridized carbons (Fsp3) is 0.500. The van der Waals surface area contributed by atoms with E-state index in [1.54, 1.807) is 24.5 Å². The van der Waals surface area contributed by atoms with E-state index in [4.69, 9.17) is 0 Å². The van der Waals surface area contributed by atoms with Gasteiger partial charge in [0.1, 0.15) is 6.29 Å². The van der Waals surface area contributed by atoms with E-state index in [1.807, 2.05) is 0 Å². The van der Waals surface area contributed by atoms with E-state index in [1.165, 1.54) is 25.7 Å². The molecule has 0 atom stereocenters. The van der Waals surface area contributed by atoms with Crippen molar-refractivity contribution in [1.29, 1.82) is 0 Å². The lowest BCUT2D eigenvalue weighted by Crippen LogP contribution is -1.76. The van der Waals surface area contributed by atoms with Gasteiger partial charge in [0.15, 0.2) is 0 Å². The molecule has 0 unspecified atom stereocenters. The maximum atomic E-state index is 9.98. The molecule has 14 heavy (non-hydrogen) atoms. The second-order valence-electron chi connectivity index (χ2n) is 3.11. The standard InChI is InChI=1S/C6H5NO.C6H14/c8-5-6-1-3-7-4-2-6;1-3-5-6-4-2/h1-5H;3-6H2,1-2H3. The average Bonchev–Trinajstić information content (AvgIpc) is 2.28. The van der Waals surface area contributed by atoms with Crippen LogP contribution in [0.3, 0.4) is 0 Å². The van der Waals surface area contributed by atoms with E-state index >= 15 is 0 Å². The van der Waals surface area contributed by atoms with Crippen molar-refractivity contribution >= 4 is 6.29 Å². The highest BCUT2D eigenvalue weighted by Crippen LogP contribution is 1.95. The summed E-state index contributed by atoms with van der Waals surface area (Å²) in [7, 11) is 0. The molecule has 0 aromatic carbocycles. The lowest BCUT2D eigenvalue weighted by molar-refractivity contribution is 0.112. The molecule has 1 aromatic heterocycles. The molecule has 0 radical (unpaired) electrons. The lowest BCUT2D eigenvalue weighted by Gasteiger charge is -1.86. The van der Waals surface area contributed by atoms with Gasteiger partial charge in [-0.05, 0) is 12.1 Å². The van der Waals surface area contributed by atoms with Crippen molar-refractivity contribution in [1.82, 2.24) is 4.98 Å². The summed E-state index contributed by atoms with van der Waals surface area (Å²) in [4.78, 5) is 13.7. The van der Waals surface area contributed by atoms with Gasteiger partial charge < -0.3 is 0 Å². The fourth-order valence-electron chi connectivity index (χ4n) is 0.942. The first-order chi connectivity index (χ1) is 6.85. The van der Waals surface area contributed by atoms with Crippen LogP contribution in [0.25, 0.3) is 0 Å². The molecular weight excluding hydrogens is 174 g/mol. The Morgan fingerprint density at radius 2 is 1.64 bits per heavy atom. The van der Waals surface area contributed by atoms with Crippen molar-refractivity contribution in [2.75, 3.05) is 0 Å². The topological polar surface area (TPSA) is 30.0 Å². The van der Waals surface area contributed by atoms with E-state index in [-0.39, 0.29) is 0 Å². The Labute approximate surface area is 86.4 Å². The summed E-state index contributed by atoms with van der Waals surface area (Å²) >= 11 is 0. The number of aldehydes is 1. The molecule has 0 aliphatic carbocycles. The number of nitrogens with zero attached hydrogens (tertiary/aromatic N) is 1. The quantitative estimate of drug-likeness (QED) is 0.541. The summed E-state index contributed by atoms with van der Waals surface area (Å²) in [5.41, 5.74) is 0.667. The Balaban J connectivity index is 0.000000255. The minimum absolute atomic E-state index is 0.667. The first kappa shape index (κ1) is 12.8. The van der Waals surface area contributed by atoms with Gasteiger partial charge in [-0.15, -0.1) is 0 Å². The third-order valence-corrected chi connectivity index (χ3v) is 1.80. The van der Waals surface area contributed by atoms with E-state index in [9.17, 15) is 4.79 Å². The minimum Gasteiger partial charge on any atom is -0.298 e. The second kappa shape index (κ2) is 9.90. The van der Waals surface area contributed by atoms with Crippen LogP contribution in [0.4, 0.5) is 0 Å². The summed E-state index contributed by atoms with van der Waals surface area (Å²) < 4.78 is 0. The van der Waals surface area contributed by atoms with Gasteiger partial charge in [0.25, 0.3) is 0 Å². The van der Waals surface area contributed by atoms with Crippen molar-refractivity contribution in [3.05, 3.63) is 30.1 Å². The van der Waals surface area contributed by atoms with Gasteiger partial charge in [-0.25, -0.2) is 0 Å². The summed E-state index contributed by atoms with van der Waals surface area (Å²) in [5.74, 6) is 0. The first-order valence-corrected chi connectivity index (χ1v) is 5.20. The number of aromatic nitrogens is 1. The Morgan fingerprint density at radius 1 is 1.14 bits per heavy atom. The normalized spacial score (nSPS) is 8.71. The van der Waals surface area contributed by atoms with Crippen LogP contribution in [0.15, 0.2) is 24.5 Å². The smallest absolute Gasteiger partial charge is 0.150 e. The van der Waals surface area contributed by atoms with E-state index in [0.29, 0.717) is 5.56 Å². The lowest BCUT2D eigenvalue weighted by atomic mass is 10.2. The van der Waals surface area contributed by atoms with Gasteiger partial charge in [-0.3, -0.25) is 9.78 Å². The van der Waals surface area contributed by atoms with E-state index < -0.39 is 0 Å². The Bertz CT molecular complexity index is 217. The van der Waals surface area contributed by atoms with Crippen molar-refractivity contribution in [3.63, 3.8) is 0 Å². The molecule has 1 heterocycles. The number of unbranched alkanes of at least 4 members (excludes halogenated alkanes) is 3. The number of rotatable bonds is 4. The van der Waals surface area contributed by atoms with Crippen LogP contribution in [0.2, 0.25) is 0 Å². The predicted molar refractivity (Wildman–Crippen MR) is 59.4 cm³/mol. The summed E-state index contributed by atoms with van der Waals surface area (Å²) in [5, 5.41) is 0. The minimum atomic E-state index is 0.667. The number of carbonyl (C=O) groups is 1. The third-order valence-electron chi connectivity index (χ3n) is 1.80. The number of pyridine rings is 1. The molecule has 0 fully saturated rings. The van der Waals surface area contributed by atoms with Gasteiger partial charge in [0, 0.05) is 18.0 Å². The van der Waals surface area contributed by atoms with Gasteiger partial charge >= 0.3 is 0 Å². The average molecular weight is 193 g/mol. The zero-order valence-electron chi connectivity index (χ0n) is 9.07. The zero-order valence-corrected chi connectivity index (χ0v) is 9.07. The molecule has 0 aliphatic rings. The third kappa shape index (κ3) is 7.47. The molecule has 2 nitrogen and oxygen atoms in total. The summed E-state index contributed by atoms with van der Waals surface area (Å²) in [6.07, 6.45) is 9.50. The fourth-order valence-corrected chi connectivity index (χ4v) is 0.942. The SMILES string of the molecule is CCCCCC.O=Cc1ccncc1. The molecule has 0 amide bonds. The molecule has 1 rings (SSSR count). The number of hydrogen-bond acceptors (Lipinski definition) is 2. The van der Waals surface area contributed by atoms with E-state index in [0.717, 1.165) is 6.29 Å². The first-order valence-electron chi connectivity index (χ1n) is 5.20. The highest BCUT2D eigenvalue weighted by molar-refractivity contribution is 5.73. The van der Waals surface area contributed by atoms with Gasteiger partial charge in [-0.2, -0.15) is 0 Å². The van der Waals surface area contributed by atoms with Gasteiger partial charge in [0.05, 0.1) is 0 Å². The van der Waals surface area contributed by atoms with Crippen LogP contribution in [0, 0.1) is 0 Å². The molecule has 0 saturated heterocycles.